The fourth-order valence-corrected chi connectivity index (χ4v) is 6.25. The minimum Gasteiger partial charge on any atom is -0.487 e. The molecule has 8 heteroatoms. The van der Waals surface area contributed by atoms with Crippen molar-refractivity contribution in [3.8, 4) is 5.75 Å². The van der Waals surface area contributed by atoms with Crippen LogP contribution in [0.25, 0.3) is 0 Å². The highest BCUT2D eigenvalue weighted by Gasteiger charge is 2.51. The van der Waals surface area contributed by atoms with E-state index in [1.807, 2.05) is 31.9 Å². The van der Waals surface area contributed by atoms with Crippen LogP contribution in [0.5, 0.6) is 5.75 Å². The van der Waals surface area contributed by atoms with Crippen LogP contribution >= 0.6 is 11.8 Å². The van der Waals surface area contributed by atoms with Gasteiger partial charge in [-0.3, -0.25) is 4.79 Å². The van der Waals surface area contributed by atoms with Gasteiger partial charge in [0, 0.05) is 30.5 Å². The third-order valence-electron chi connectivity index (χ3n) is 7.56. The Labute approximate surface area is 220 Å². The SMILES string of the molecule is CSCC[C@@H](NC(=O)OC(C)(C)C)C(=O)N1CC[C@H]2O[C@H]3c4ccc(C)cc4OC(C)(C)[C@@H]3C[C@H]2C1. The summed E-state index contributed by atoms with van der Waals surface area (Å²) in [6.45, 7) is 13.1. The second-order valence-corrected chi connectivity index (χ2v) is 13.0. The number of nitrogens with zero attached hydrogens (tertiary/aromatic N) is 1. The molecule has 200 valence electrons. The molecule has 4 rings (SSSR count). The van der Waals surface area contributed by atoms with E-state index in [-0.39, 0.29) is 35.6 Å². The maximum absolute atomic E-state index is 13.6. The Balaban J connectivity index is 1.46. The molecule has 0 saturated carbocycles. The van der Waals surface area contributed by atoms with Crippen molar-refractivity contribution in [2.75, 3.05) is 25.1 Å². The van der Waals surface area contributed by atoms with Gasteiger partial charge in [0.2, 0.25) is 5.91 Å². The highest BCUT2D eigenvalue weighted by Crippen LogP contribution is 2.53. The first kappa shape index (κ1) is 27.1. The number of nitrogens with one attached hydrogen (secondary N) is 1. The van der Waals surface area contributed by atoms with Crippen molar-refractivity contribution in [1.29, 1.82) is 0 Å². The maximum atomic E-state index is 13.6. The Morgan fingerprint density at radius 3 is 2.75 bits per heavy atom. The van der Waals surface area contributed by atoms with Crippen molar-refractivity contribution in [2.24, 2.45) is 11.8 Å². The minimum atomic E-state index is -0.613. The molecular formula is C28H42N2O5S. The van der Waals surface area contributed by atoms with Crippen molar-refractivity contribution in [2.45, 2.75) is 90.3 Å². The second kappa shape index (κ2) is 10.4. The molecular weight excluding hydrogens is 476 g/mol. The van der Waals surface area contributed by atoms with Gasteiger partial charge in [-0.25, -0.2) is 4.79 Å². The topological polar surface area (TPSA) is 77.1 Å². The average molecular weight is 519 g/mol. The predicted octanol–water partition coefficient (Wildman–Crippen LogP) is 5.11. The number of benzene rings is 1. The number of carbonyl (C=O) groups is 2. The molecule has 2 saturated heterocycles. The van der Waals surface area contributed by atoms with E-state index >= 15 is 0 Å². The van der Waals surface area contributed by atoms with Gasteiger partial charge in [-0.2, -0.15) is 11.8 Å². The smallest absolute Gasteiger partial charge is 0.408 e. The lowest BCUT2D eigenvalue weighted by Crippen LogP contribution is -2.58. The van der Waals surface area contributed by atoms with Crippen molar-refractivity contribution < 1.29 is 23.8 Å². The number of hydrogen-bond acceptors (Lipinski definition) is 6. The molecule has 3 heterocycles. The summed E-state index contributed by atoms with van der Waals surface area (Å²) in [5.41, 5.74) is 1.35. The summed E-state index contributed by atoms with van der Waals surface area (Å²) in [7, 11) is 0. The Morgan fingerprint density at radius 2 is 2.06 bits per heavy atom. The lowest BCUT2D eigenvalue weighted by Gasteiger charge is -2.53. The fraction of sp³-hybridized carbons (Fsp3) is 0.714. The zero-order valence-corrected chi connectivity index (χ0v) is 23.6. The summed E-state index contributed by atoms with van der Waals surface area (Å²) in [6.07, 6.45) is 3.89. The monoisotopic (exact) mass is 518 g/mol. The van der Waals surface area contributed by atoms with Crippen molar-refractivity contribution in [3.05, 3.63) is 29.3 Å². The number of rotatable bonds is 5. The number of ether oxygens (including phenoxy) is 3. The van der Waals surface area contributed by atoms with Crippen LogP contribution in [-0.2, 0) is 14.3 Å². The van der Waals surface area contributed by atoms with E-state index in [1.165, 1.54) is 5.56 Å². The Hall–Kier alpha value is -1.93. The van der Waals surface area contributed by atoms with Crippen LogP contribution in [-0.4, -0.2) is 65.3 Å². The predicted molar refractivity (Wildman–Crippen MR) is 142 cm³/mol. The Bertz CT molecular complexity index is 975. The van der Waals surface area contributed by atoms with E-state index in [2.05, 4.69) is 44.3 Å². The second-order valence-electron chi connectivity index (χ2n) is 12.0. The van der Waals surface area contributed by atoms with E-state index in [4.69, 9.17) is 14.2 Å². The van der Waals surface area contributed by atoms with Crippen molar-refractivity contribution in [1.82, 2.24) is 10.2 Å². The largest absolute Gasteiger partial charge is 0.487 e. The molecule has 36 heavy (non-hydrogen) atoms. The van der Waals surface area contributed by atoms with E-state index in [0.29, 0.717) is 19.5 Å². The minimum absolute atomic E-state index is 0.0102. The van der Waals surface area contributed by atoms with Gasteiger partial charge >= 0.3 is 6.09 Å². The summed E-state index contributed by atoms with van der Waals surface area (Å²) >= 11 is 1.66. The zero-order chi connectivity index (χ0) is 26.3. The Kier molecular flexibility index (Phi) is 7.87. The molecule has 2 amide bonds. The van der Waals surface area contributed by atoms with Gasteiger partial charge in [-0.15, -0.1) is 0 Å². The van der Waals surface area contributed by atoms with E-state index in [9.17, 15) is 9.59 Å². The normalized spacial score (nSPS) is 27.6. The van der Waals surface area contributed by atoms with E-state index in [1.54, 1.807) is 11.8 Å². The van der Waals surface area contributed by atoms with Gasteiger partial charge in [0.25, 0.3) is 0 Å². The van der Waals surface area contributed by atoms with Crippen LogP contribution in [0.4, 0.5) is 4.79 Å². The molecule has 1 aromatic rings. The van der Waals surface area contributed by atoms with Crippen LogP contribution in [0.2, 0.25) is 0 Å². The zero-order valence-electron chi connectivity index (χ0n) is 22.8. The molecule has 3 aliphatic heterocycles. The van der Waals surface area contributed by atoms with Crippen LogP contribution in [0, 0.1) is 18.8 Å². The van der Waals surface area contributed by atoms with Crippen molar-refractivity contribution in [3.63, 3.8) is 0 Å². The van der Waals surface area contributed by atoms with Gasteiger partial charge in [0.05, 0.1) is 12.2 Å². The van der Waals surface area contributed by atoms with Gasteiger partial charge in [0.15, 0.2) is 0 Å². The number of carbonyl (C=O) groups excluding carboxylic acids is 2. The van der Waals surface area contributed by atoms with Crippen molar-refractivity contribution >= 4 is 23.8 Å². The first-order valence-corrected chi connectivity index (χ1v) is 14.5. The number of piperidine rings is 1. The Morgan fingerprint density at radius 1 is 1.31 bits per heavy atom. The molecule has 0 radical (unpaired) electrons. The molecule has 7 nitrogen and oxygen atoms in total. The summed E-state index contributed by atoms with van der Waals surface area (Å²) in [5.74, 6) is 2.12. The molecule has 0 spiro atoms. The summed E-state index contributed by atoms with van der Waals surface area (Å²) < 4.78 is 18.7. The van der Waals surface area contributed by atoms with Crippen LogP contribution in [0.1, 0.15) is 71.1 Å². The molecule has 0 unspecified atom stereocenters. The van der Waals surface area contributed by atoms with Gasteiger partial charge in [-0.05, 0) is 84.4 Å². The molecule has 1 N–H and O–H groups in total. The molecule has 0 aromatic heterocycles. The first-order valence-electron chi connectivity index (χ1n) is 13.1. The lowest BCUT2D eigenvalue weighted by molar-refractivity contribution is -0.189. The number of amides is 2. The number of likely N-dealkylation sites (tertiary alicyclic amines) is 1. The highest BCUT2D eigenvalue weighted by molar-refractivity contribution is 7.98. The van der Waals surface area contributed by atoms with Gasteiger partial charge in [0.1, 0.15) is 23.0 Å². The molecule has 3 aliphatic rings. The third-order valence-corrected chi connectivity index (χ3v) is 8.20. The highest BCUT2D eigenvalue weighted by atomic mass is 32.2. The van der Waals surface area contributed by atoms with Crippen LogP contribution in [0.15, 0.2) is 18.2 Å². The number of aryl methyl sites for hydroxylation is 1. The van der Waals surface area contributed by atoms with E-state index in [0.717, 1.165) is 29.9 Å². The van der Waals surface area contributed by atoms with Crippen LogP contribution in [0.3, 0.4) is 0 Å². The lowest BCUT2D eigenvalue weighted by atomic mass is 9.70. The summed E-state index contributed by atoms with van der Waals surface area (Å²) in [6, 6.07) is 5.79. The number of fused-ring (bicyclic) bond motifs is 4. The molecule has 0 aliphatic carbocycles. The quantitative estimate of drug-likeness (QED) is 0.584. The standard InChI is InChI=1S/C28H42N2O5S/c1-17-8-9-19-23(14-17)34-28(5,6)20-15-18-16-30(12-10-22(18)33-24(19)20)25(31)21(11-13-36-7)29-26(32)35-27(2,3)4/h8-9,14,18,20-22,24H,10-13,15-16H2,1-7H3,(H,29,32)/t18-,20+,21+,22+,24-/m0/s1. The third kappa shape index (κ3) is 5.96. The van der Waals surface area contributed by atoms with E-state index < -0.39 is 17.7 Å². The van der Waals surface area contributed by atoms with Gasteiger partial charge < -0.3 is 24.4 Å². The molecule has 2 fully saturated rings. The fourth-order valence-electron chi connectivity index (χ4n) is 5.78. The molecule has 1 aromatic carbocycles. The first-order chi connectivity index (χ1) is 16.9. The van der Waals surface area contributed by atoms with Gasteiger partial charge in [-0.1, -0.05) is 12.1 Å². The number of thioether (sulfide) groups is 1. The summed E-state index contributed by atoms with van der Waals surface area (Å²) in [5, 5.41) is 2.83. The maximum Gasteiger partial charge on any atom is 0.408 e. The molecule has 0 bridgehead atoms. The number of hydrogen-bond donors (Lipinski definition) is 1. The van der Waals surface area contributed by atoms with Crippen LogP contribution < -0.4 is 10.1 Å². The average Bonchev–Trinajstić information content (AvgIpc) is 2.78. The number of alkyl carbamates (subject to hydrolysis) is 1. The molecule has 5 atom stereocenters. The summed E-state index contributed by atoms with van der Waals surface area (Å²) in [4.78, 5) is 27.9.